The van der Waals surface area contributed by atoms with Crippen LogP contribution in [0.1, 0.15) is 45.4 Å². The second-order valence-electron chi connectivity index (χ2n) is 6.13. The molecule has 0 aliphatic heterocycles. The number of aliphatic hydroxyl groups is 1. The number of ether oxygens (including phenoxy) is 1. The molecule has 2 fully saturated rings. The van der Waals surface area contributed by atoms with Gasteiger partial charge in [-0.3, -0.25) is 4.79 Å². The van der Waals surface area contributed by atoms with Crippen molar-refractivity contribution in [2.24, 2.45) is 11.8 Å². The summed E-state index contributed by atoms with van der Waals surface area (Å²) in [6.07, 6.45) is 5.99. The smallest absolute Gasteiger partial charge is 0.323 e. The van der Waals surface area contributed by atoms with Crippen molar-refractivity contribution in [3.8, 4) is 0 Å². The van der Waals surface area contributed by atoms with E-state index >= 15 is 0 Å². The van der Waals surface area contributed by atoms with E-state index < -0.39 is 5.60 Å². The summed E-state index contributed by atoms with van der Waals surface area (Å²) in [5.41, 5.74) is -0.631. The maximum Gasteiger partial charge on any atom is 0.323 e. The summed E-state index contributed by atoms with van der Waals surface area (Å²) in [4.78, 5) is 11.7. The summed E-state index contributed by atoms with van der Waals surface area (Å²) in [7, 11) is 1.43. The van der Waals surface area contributed by atoms with Crippen LogP contribution < -0.4 is 5.32 Å². The minimum atomic E-state index is -0.631. The summed E-state index contributed by atoms with van der Waals surface area (Å²) in [5.74, 6) is 0.930. The molecule has 2 aliphatic rings. The highest BCUT2D eigenvalue weighted by atomic mass is 16.5. The van der Waals surface area contributed by atoms with Crippen LogP contribution in [0, 0.1) is 11.8 Å². The lowest BCUT2D eigenvalue weighted by Gasteiger charge is -2.36. The van der Waals surface area contributed by atoms with Crippen molar-refractivity contribution < 1.29 is 14.6 Å². The number of rotatable bonds is 5. The molecular formula is C14H25NO3. The van der Waals surface area contributed by atoms with E-state index in [2.05, 4.69) is 12.2 Å². The summed E-state index contributed by atoms with van der Waals surface area (Å²) < 4.78 is 4.82. The summed E-state index contributed by atoms with van der Waals surface area (Å²) in [5, 5.41) is 13.7. The highest BCUT2D eigenvalue weighted by Gasteiger charge is 2.39. The number of esters is 1. The third-order valence-corrected chi connectivity index (χ3v) is 4.40. The first-order valence-electron chi connectivity index (χ1n) is 7.08. The van der Waals surface area contributed by atoms with Gasteiger partial charge in [0.2, 0.25) is 0 Å². The number of carbonyl (C=O) groups excluding carboxylic acids is 1. The molecule has 0 aromatic rings. The van der Waals surface area contributed by atoms with Crippen LogP contribution >= 0.6 is 0 Å². The molecule has 18 heavy (non-hydrogen) atoms. The van der Waals surface area contributed by atoms with E-state index in [1.807, 2.05) is 0 Å². The standard InChI is InChI=1S/C14H25NO3/c1-10-5-7-14(17,8-6-10)9-15-12(11-3-4-11)13(16)18-2/h10-12,15,17H,3-9H2,1-2H3. The average molecular weight is 255 g/mol. The van der Waals surface area contributed by atoms with Crippen LogP contribution in [-0.4, -0.2) is 36.4 Å². The van der Waals surface area contributed by atoms with Crippen LogP contribution in [0.4, 0.5) is 0 Å². The van der Waals surface area contributed by atoms with Gasteiger partial charge >= 0.3 is 5.97 Å². The number of methoxy groups -OCH3 is 1. The third kappa shape index (κ3) is 3.45. The quantitative estimate of drug-likeness (QED) is 0.730. The van der Waals surface area contributed by atoms with E-state index in [9.17, 15) is 9.90 Å². The number of nitrogens with one attached hydrogen (secondary N) is 1. The predicted molar refractivity (Wildman–Crippen MR) is 69.1 cm³/mol. The molecule has 0 amide bonds. The molecule has 0 bridgehead atoms. The van der Waals surface area contributed by atoms with E-state index in [1.165, 1.54) is 7.11 Å². The minimum absolute atomic E-state index is 0.190. The summed E-state index contributed by atoms with van der Waals surface area (Å²) in [6.45, 7) is 2.74. The van der Waals surface area contributed by atoms with Crippen LogP contribution in [-0.2, 0) is 9.53 Å². The number of carbonyl (C=O) groups is 1. The monoisotopic (exact) mass is 255 g/mol. The molecule has 2 rings (SSSR count). The van der Waals surface area contributed by atoms with Crippen molar-refractivity contribution in [2.75, 3.05) is 13.7 Å². The third-order valence-electron chi connectivity index (χ3n) is 4.40. The van der Waals surface area contributed by atoms with Gasteiger partial charge in [-0.1, -0.05) is 6.92 Å². The zero-order valence-corrected chi connectivity index (χ0v) is 11.4. The van der Waals surface area contributed by atoms with Gasteiger partial charge in [0.05, 0.1) is 12.7 Å². The highest BCUT2D eigenvalue weighted by Crippen LogP contribution is 2.35. The van der Waals surface area contributed by atoms with Crippen molar-refractivity contribution in [1.29, 1.82) is 0 Å². The SMILES string of the molecule is COC(=O)C(NCC1(O)CCC(C)CC1)C1CC1. The topological polar surface area (TPSA) is 58.6 Å². The zero-order chi connectivity index (χ0) is 13.2. The van der Waals surface area contributed by atoms with Crippen molar-refractivity contribution in [1.82, 2.24) is 5.32 Å². The fraction of sp³-hybridized carbons (Fsp3) is 0.929. The molecule has 2 aliphatic carbocycles. The lowest BCUT2D eigenvalue weighted by molar-refractivity contribution is -0.144. The van der Waals surface area contributed by atoms with Crippen molar-refractivity contribution in [3.05, 3.63) is 0 Å². The molecule has 2 saturated carbocycles. The lowest BCUT2D eigenvalue weighted by Crippen LogP contribution is -2.49. The van der Waals surface area contributed by atoms with Crippen LogP contribution in [0.3, 0.4) is 0 Å². The second kappa shape index (κ2) is 5.57. The van der Waals surface area contributed by atoms with Crippen molar-refractivity contribution in [2.45, 2.75) is 57.1 Å². The Morgan fingerprint density at radius 2 is 2.00 bits per heavy atom. The maximum absolute atomic E-state index is 11.7. The predicted octanol–water partition coefficient (Wildman–Crippen LogP) is 1.47. The van der Waals surface area contributed by atoms with Gasteiger partial charge in [-0.05, 0) is 50.4 Å². The first-order valence-corrected chi connectivity index (χ1v) is 7.08. The van der Waals surface area contributed by atoms with E-state index in [-0.39, 0.29) is 12.0 Å². The molecule has 4 heteroatoms. The Hall–Kier alpha value is -0.610. The number of hydrogen-bond acceptors (Lipinski definition) is 4. The van der Waals surface area contributed by atoms with Gasteiger partial charge in [0.25, 0.3) is 0 Å². The fourth-order valence-corrected chi connectivity index (χ4v) is 2.78. The second-order valence-corrected chi connectivity index (χ2v) is 6.13. The van der Waals surface area contributed by atoms with Crippen LogP contribution in [0.25, 0.3) is 0 Å². The maximum atomic E-state index is 11.7. The molecule has 0 heterocycles. The van der Waals surface area contributed by atoms with Gasteiger partial charge in [-0.15, -0.1) is 0 Å². The molecule has 0 spiro atoms. The Morgan fingerprint density at radius 3 is 2.50 bits per heavy atom. The van der Waals surface area contributed by atoms with Crippen molar-refractivity contribution in [3.63, 3.8) is 0 Å². The van der Waals surface area contributed by atoms with Crippen molar-refractivity contribution >= 4 is 5.97 Å². The van der Waals surface area contributed by atoms with Gasteiger partial charge in [-0.25, -0.2) is 0 Å². The Labute approximate surface area is 109 Å². The van der Waals surface area contributed by atoms with Gasteiger partial charge in [-0.2, -0.15) is 0 Å². The van der Waals surface area contributed by atoms with Gasteiger partial charge in [0.1, 0.15) is 6.04 Å². The fourth-order valence-electron chi connectivity index (χ4n) is 2.78. The largest absolute Gasteiger partial charge is 0.468 e. The van der Waals surface area contributed by atoms with Crippen LogP contribution in [0.5, 0.6) is 0 Å². The van der Waals surface area contributed by atoms with E-state index in [0.29, 0.717) is 18.4 Å². The van der Waals surface area contributed by atoms with Gasteiger partial charge in [0, 0.05) is 6.54 Å². The van der Waals surface area contributed by atoms with E-state index in [4.69, 9.17) is 4.74 Å². The van der Waals surface area contributed by atoms with Gasteiger partial charge in [0.15, 0.2) is 0 Å². The summed E-state index contributed by atoms with van der Waals surface area (Å²) in [6, 6.07) is -0.224. The molecule has 4 nitrogen and oxygen atoms in total. The Balaban J connectivity index is 1.83. The first-order chi connectivity index (χ1) is 8.54. The van der Waals surface area contributed by atoms with E-state index in [1.54, 1.807) is 0 Å². The van der Waals surface area contributed by atoms with Gasteiger partial charge < -0.3 is 15.2 Å². The molecule has 0 radical (unpaired) electrons. The van der Waals surface area contributed by atoms with Crippen LogP contribution in [0.2, 0.25) is 0 Å². The highest BCUT2D eigenvalue weighted by molar-refractivity contribution is 5.76. The molecular weight excluding hydrogens is 230 g/mol. The Bertz CT molecular complexity index is 293. The molecule has 0 saturated heterocycles. The molecule has 0 aromatic heterocycles. The zero-order valence-electron chi connectivity index (χ0n) is 11.4. The molecule has 0 aromatic carbocycles. The first kappa shape index (κ1) is 13.8. The normalized spacial score (nSPS) is 34.1. The molecule has 1 unspecified atom stereocenters. The van der Waals surface area contributed by atoms with Crippen LogP contribution in [0.15, 0.2) is 0 Å². The molecule has 1 atom stereocenters. The van der Waals surface area contributed by atoms with E-state index in [0.717, 1.165) is 38.5 Å². The molecule has 104 valence electrons. The lowest BCUT2D eigenvalue weighted by atomic mass is 9.79. The summed E-state index contributed by atoms with van der Waals surface area (Å²) >= 11 is 0. The molecule has 2 N–H and O–H groups in total. The minimum Gasteiger partial charge on any atom is -0.468 e. The number of hydrogen-bond donors (Lipinski definition) is 2. The Morgan fingerprint density at radius 1 is 1.39 bits per heavy atom. The average Bonchev–Trinajstić information content (AvgIpc) is 3.18. The Kier molecular flexibility index (Phi) is 4.28.